The van der Waals surface area contributed by atoms with Gasteiger partial charge in [0.25, 0.3) is 0 Å². The van der Waals surface area contributed by atoms with Crippen LogP contribution in [0.2, 0.25) is 0 Å². The summed E-state index contributed by atoms with van der Waals surface area (Å²) in [5, 5.41) is 1.95. The molecule has 20 heavy (non-hydrogen) atoms. The third kappa shape index (κ3) is 6.70. The van der Waals surface area contributed by atoms with Crippen molar-refractivity contribution in [3.8, 4) is 0 Å². The van der Waals surface area contributed by atoms with Gasteiger partial charge in [0.1, 0.15) is 0 Å². The molecule has 0 amide bonds. The Kier molecular flexibility index (Phi) is 9.78. The summed E-state index contributed by atoms with van der Waals surface area (Å²) in [6.07, 6.45) is 3.07. The van der Waals surface area contributed by atoms with Gasteiger partial charge in [0.15, 0.2) is 0 Å². The van der Waals surface area contributed by atoms with Gasteiger partial charge < -0.3 is 9.47 Å². The SMILES string of the molecule is COCCCOCCC(CBr)(CBr)Cc1ccccc1. The molecule has 0 fully saturated rings. The van der Waals surface area contributed by atoms with Gasteiger partial charge in [-0.25, -0.2) is 0 Å². The normalized spacial score (nSPS) is 11.8. The molecule has 1 rings (SSSR count). The zero-order chi connectivity index (χ0) is 14.7. The molecule has 2 nitrogen and oxygen atoms in total. The minimum absolute atomic E-state index is 0.211. The molecule has 0 unspecified atom stereocenters. The molecular formula is C16H24Br2O2. The lowest BCUT2D eigenvalue weighted by Crippen LogP contribution is -2.29. The van der Waals surface area contributed by atoms with Crippen LogP contribution in [-0.2, 0) is 15.9 Å². The molecule has 1 aromatic carbocycles. The first-order valence-corrected chi connectivity index (χ1v) is 9.23. The van der Waals surface area contributed by atoms with E-state index in [4.69, 9.17) is 9.47 Å². The van der Waals surface area contributed by atoms with Crippen molar-refractivity contribution in [3.05, 3.63) is 35.9 Å². The Morgan fingerprint density at radius 3 is 2.30 bits per heavy atom. The highest BCUT2D eigenvalue weighted by molar-refractivity contribution is 9.09. The fraction of sp³-hybridized carbons (Fsp3) is 0.625. The second kappa shape index (κ2) is 10.8. The van der Waals surface area contributed by atoms with Crippen molar-refractivity contribution >= 4 is 31.9 Å². The number of hydrogen-bond acceptors (Lipinski definition) is 2. The van der Waals surface area contributed by atoms with Crippen LogP contribution in [0.5, 0.6) is 0 Å². The number of halogens is 2. The number of methoxy groups -OCH3 is 1. The lowest BCUT2D eigenvalue weighted by molar-refractivity contribution is 0.0850. The predicted molar refractivity (Wildman–Crippen MR) is 92.1 cm³/mol. The first kappa shape index (κ1) is 18.1. The van der Waals surface area contributed by atoms with Crippen molar-refractivity contribution in [2.24, 2.45) is 5.41 Å². The highest BCUT2D eigenvalue weighted by Crippen LogP contribution is 2.32. The van der Waals surface area contributed by atoms with E-state index in [2.05, 4.69) is 62.2 Å². The van der Waals surface area contributed by atoms with E-state index < -0.39 is 0 Å². The van der Waals surface area contributed by atoms with Gasteiger partial charge in [-0.15, -0.1) is 0 Å². The van der Waals surface area contributed by atoms with Gasteiger partial charge in [0.05, 0.1) is 0 Å². The second-order valence-corrected chi connectivity index (χ2v) is 6.26. The van der Waals surface area contributed by atoms with E-state index in [9.17, 15) is 0 Å². The Morgan fingerprint density at radius 2 is 1.70 bits per heavy atom. The molecular weight excluding hydrogens is 384 g/mol. The molecule has 0 aliphatic heterocycles. The molecule has 0 atom stereocenters. The van der Waals surface area contributed by atoms with Crippen molar-refractivity contribution in [1.82, 2.24) is 0 Å². The van der Waals surface area contributed by atoms with Gasteiger partial charge >= 0.3 is 0 Å². The minimum atomic E-state index is 0.211. The van der Waals surface area contributed by atoms with Crippen molar-refractivity contribution in [1.29, 1.82) is 0 Å². The Morgan fingerprint density at radius 1 is 1.00 bits per heavy atom. The molecule has 0 spiro atoms. The number of benzene rings is 1. The van der Waals surface area contributed by atoms with Crippen LogP contribution in [0, 0.1) is 5.41 Å². The Hall–Kier alpha value is 0.1000. The average Bonchev–Trinajstić information content (AvgIpc) is 2.50. The maximum absolute atomic E-state index is 5.71. The quantitative estimate of drug-likeness (QED) is 0.398. The van der Waals surface area contributed by atoms with Crippen LogP contribution < -0.4 is 0 Å². The van der Waals surface area contributed by atoms with Crippen LogP contribution in [0.1, 0.15) is 18.4 Å². The summed E-state index contributed by atoms with van der Waals surface area (Å²) < 4.78 is 10.7. The van der Waals surface area contributed by atoms with E-state index in [0.29, 0.717) is 0 Å². The van der Waals surface area contributed by atoms with E-state index in [0.717, 1.165) is 49.7 Å². The van der Waals surface area contributed by atoms with Gasteiger partial charge in [-0.2, -0.15) is 0 Å². The van der Waals surface area contributed by atoms with Crippen LogP contribution in [-0.4, -0.2) is 37.6 Å². The van der Waals surface area contributed by atoms with Crippen LogP contribution in [0.4, 0.5) is 0 Å². The summed E-state index contributed by atoms with van der Waals surface area (Å²) in [4.78, 5) is 0. The molecule has 0 bridgehead atoms. The summed E-state index contributed by atoms with van der Waals surface area (Å²) in [6.45, 7) is 2.35. The van der Waals surface area contributed by atoms with Gasteiger partial charge in [-0.1, -0.05) is 62.2 Å². The minimum Gasteiger partial charge on any atom is -0.385 e. The standard InChI is InChI=1S/C16H24Br2O2/c1-19-9-5-10-20-11-8-16(13-17,14-18)12-15-6-3-2-4-7-15/h2-4,6-7H,5,8-14H2,1H3. The average molecular weight is 408 g/mol. The molecule has 0 radical (unpaired) electrons. The smallest absolute Gasteiger partial charge is 0.0487 e. The summed E-state index contributed by atoms with van der Waals surface area (Å²) in [7, 11) is 1.72. The second-order valence-electron chi connectivity index (χ2n) is 5.14. The van der Waals surface area contributed by atoms with Crippen LogP contribution in [0.15, 0.2) is 30.3 Å². The molecule has 1 aromatic rings. The largest absolute Gasteiger partial charge is 0.385 e. The molecule has 0 aliphatic carbocycles. The first-order chi connectivity index (χ1) is 9.76. The summed E-state index contributed by atoms with van der Waals surface area (Å²) >= 11 is 7.36. The van der Waals surface area contributed by atoms with Gasteiger partial charge in [-0.3, -0.25) is 0 Å². The van der Waals surface area contributed by atoms with Crippen LogP contribution in [0.3, 0.4) is 0 Å². The zero-order valence-corrected chi connectivity index (χ0v) is 15.3. The van der Waals surface area contributed by atoms with E-state index in [1.165, 1.54) is 5.56 Å². The van der Waals surface area contributed by atoms with Gasteiger partial charge in [0, 0.05) is 37.6 Å². The predicted octanol–water partition coefficient (Wildman–Crippen LogP) is 4.45. The number of rotatable bonds is 11. The maximum atomic E-state index is 5.71. The zero-order valence-electron chi connectivity index (χ0n) is 12.1. The van der Waals surface area contributed by atoms with Crippen LogP contribution >= 0.6 is 31.9 Å². The number of ether oxygens (including phenoxy) is 2. The van der Waals surface area contributed by atoms with Crippen molar-refractivity contribution in [3.63, 3.8) is 0 Å². The van der Waals surface area contributed by atoms with Crippen molar-refractivity contribution < 1.29 is 9.47 Å². The molecule has 0 aromatic heterocycles. The molecule has 114 valence electrons. The third-order valence-electron chi connectivity index (χ3n) is 3.40. The molecule has 0 N–H and O–H groups in total. The summed E-state index contributed by atoms with van der Waals surface area (Å²) in [5.74, 6) is 0. The van der Waals surface area contributed by atoms with Gasteiger partial charge in [-0.05, 0) is 30.2 Å². The highest BCUT2D eigenvalue weighted by Gasteiger charge is 2.27. The van der Waals surface area contributed by atoms with E-state index in [-0.39, 0.29) is 5.41 Å². The molecule has 0 saturated heterocycles. The van der Waals surface area contributed by atoms with Crippen LogP contribution in [0.25, 0.3) is 0 Å². The summed E-state index contributed by atoms with van der Waals surface area (Å²) in [5.41, 5.74) is 1.59. The maximum Gasteiger partial charge on any atom is 0.0487 e. The lowest BCUT2D eigenvalue weighted by Gasteiger charge is -2.30. The number of alkyl halides is 2. The third-order valence-corrected chi connectivity index (χ3v) is 5.78. The Balaban J connectivity index is 2.41. The highest BCUT2D eigenvalue weighted by atomic mass is 79.9. The Bertz CT molecular complexity index is 340. The molecule has 0 heterocycles. The lowest BCUT2D eigenvalue weighted by atomic mass is 9.83. The van der Waals surface area contributed by atoms with Gasteiger partial charge in [0.2, 0.25) is 0 Å². The molecule has 0 aliphatic rings. The topological polar surface area (TPSA) is 18.5 Å². The fourth-order valence-corrected chi connectivity index (χ4v) is 3.96. The molecule has 0 saturated carbocycles. The summed E-state index contributed by atoms with van der Waals surface area (Å²) in [6, 6.07) is 10.7. The van der Waals surface area contributed by atoms with Crippen molar-refractivity contribution in [2.75, 3.05) is 37.6 Å². The van der Waals surface area contributed by atoms with E-state index >= 15 is 0 Å². The molecule has 4 heteroatoms. The number of hydrogen-bond donors (Lipinski definition) is 0. The first-order valence-electron chi connectivity index (χ1n) is 6.99. The monoisotopic (exact) mass is 406 g/mol. The van der Waals surface area contributed by atoms with Crippen molar-refractivity contribution in [2.45, 2.75) is 19.3 Å². The Labute approximate surface area is 139 Å². The van der Waals surface area contributed by atoms with E-state index in [1.54, 1.807) is 7.11 Å². The fourth-order valence-electron chi connectivity index (χ4n) is 2.08. The van der Waals surface area contributed by atoms with E-state index in [1.807, 2.05) is 0 Å².